The van der Waals surface area contributed by atoms with Crippen LogP contribution < -0.4 is 9.80 Å². The Labute approximate surface area is 143 Å². The van der Waals surface area contributed by atoms with Gasteiger partial charge in [0.1, 0.15) is 0 Å². The number of morpholine rings is 1. The van der Waals surface area contributed by atoms with Crippen molar-refractivity contribution in [1.82, 2.24) is 0 Å². The van der Waals surface area contributed by atoms with Gasteiger partial charge in [0.15, 0.2) is 0 Å². The molecule has 1 aliphatic carbocycles. The summed E-state index contributed by atoms with van der Waals surface area (Å²) in [6.45, 7) is 6.08. The lowest BCUT2D eigenvalue weighted by molar-refractivity contribution is 0.122. The van der Waals surface area contributed by atoms with Crippen LogP contribution in [0, 0.1) is 5.92 Å². The van der Waals surface area contributed by atoms with E-state index in [9.17, 15) is 0 Å². The number of anilines is 2. The highest BCUT2D eigenvalue weighted by atomic mass is 16.5. The van der Waals surface area contributed by atoms with Crippen LogP contribution in [-0.4, -0.2) is 39.4 Å². The molecule has 3 fully saturated rings. The van der Waals surface area contributed by atoms with Crippen LogP contribution in [-0.2, 0) is 10.2 Å². The summed E-state index contributed by atoms with van der Waals surface area (Å²) in [7, 11) is 0. The average molecular weight is 320 g/mol. The molecule has 24 heavy (non-hydrogen) atoms. The van der Waals surface area contributed by atoms with Crippen molar-refractivity contribution in [1.29, 1.82) is 0 Å². The van der Waals surface area contributed by atoms with Gasteiger partial charge in [-0.25, -0.2) is 0 Å². The van der Waals surface area contributed by atoms with E-state index in [4.69, 9.17) is 4.74 Å². The Morgan fingerprint density at radius 2 is 1.54 bits per heavy atom. The number of benzene rings is 2. The minimum Gasteiger partial charge on any atom is -0.378 e. The molecule has 2 unspecified atom stereocenters. The van der Waals surface area contributed by atoms with Crippen LogP contribution in [0.5, 0.6) is 0 Å². The van der Waals surface area contributed by atoms with Gasteiger partial charge in [0.25, 0.3) is 0 Å². The summed E-state index contributed by atoms with van der Waals surface area (Å²) >= 11 is 0. The second kappa shape index (κ2) is 5.52. The summed E-state index contributed by atoms with van der Waals surface area (Å²) in [4.78, 5) is 4.99. The molecular weight excluding hydrogens is 296 g/mol. The molecule has 2 saturated heterocycles. The van der Waals surface area contributed by atoms with Gasteiger partial charge >= 0.3 is 0 Å². The number of rotatable bonds is 3. The third-order valence-corrected chi connectivity index (χ3v) is 6.09. The molecule has 3 nitrogen and oxygen atoms in total. The Morgan fingerprint density at radius 3 is 2.29 bits per heavy atom. The molecule has 1 saturated carbocycles. The molecule has 2 aromatic rings. The Kier molecular flexibility index (Phi) is 3.30. The Hall–Kier alpha value is -2.00. The van der Waals surface area contributed by atoms with E-state index < -0.39 is 0 Å². The first-order valence-electron chi connectivity index (χ1n) is 9.08. The van der Waals surface area contributed by atoms with Crippen LogP contribution in [0.15, 0.2) is 54.6 Å². The Bertz CT molecular complexity index is 708. The van der Waals surface area contributed by atoms with E-state index in [1.807, 2.05) is 0 Å². The summed E-state index contributed by atoms with van der Waals surface area (Å²) in [6, 6.07) is 20.2. The number of hydrogen-bond acceptors (Lipinski definition) is 3. The predicted octanol–water partition coefficient (Wildman–Crippen LogP) is 3.30. The highest BCUT2D eigenvalue weighted by Crippen LogP contribution is 2.59. The second-order valence-electron chi connectivity index (χ2n) is 7.42. The summed E-state index contributed by atoms with van der Waals surface area (Å²) in [5.74, 6) is 0.826. The maximum absolute atomic E-state index is 5.46. The molecule has 2 aromatic carbocycles. The summed E-state index contributed by atoms with van der Waals surface area (Å²) in [6.07, 6.45) is 1.35. The van der Waals surface area contributed by atoms with Gasteiger partial charge in [0.2, 0.25) is 0 Å². The fraction of sp³-hybridized carbons (Fsp3) is 0.429. The molecule has 0 radical (unpaired) electrons. The lowest BCUT2D eigenvalue weighted by Crippen LogP contribution is -2.36. The van der Waals surface area contributed by atoms with Crippen LogP contribution in [0.1, 0.15) is 12.0 Å². The molecule has 5 rings (SSSR count). The Balaban J connectivity index is 1.34. The highest BCUT2D eigenvalue weighted by molar-refractivity contribution is 5.55. The first-order chi connectivity index (χ1) is 11.9. The van der Waals surface area contributed by atoms with Crippen molar-refractivity contribution in [3.63, 3.8) is 0 Å². The SMILES string of the molecule is c1ccc(N2CC3CC3(c3ccc(N4CCOCC4)cc3)C2)cc1. The molecule has 0 bridgehead atoms. The zero-order valence-electron chi connectivity index (χ0n) is 14.0. The van der Waals surface area contributed by atoms with E-state index >= 15 is 0 Å². The molecule has 2 atom stereocenters. The van der Waals surface area contributed by atoms with Gasteiger partial charge in [-0.15, -0.1) is 0 Å². The zero-order valence-corrected chi connectivity index (χ0v) is 14.0. The largest absolute Gasteiger partial charge is 0.378 e. The monoisotopic (exact) mass is 320 g/mol. The van der Waals surface area contributed by atoms with Gasteiger partial charge in [0, 0.05) is 43.0 Å². The van der Waals surface area contributed by atoms with Crippen LogP contribution in [0.2, 0.25) is 0 Å². The van der Waals surface area contributed by atoms with Crippen LogP contribution in [0.3, 0.4) is 0 Å². The molecule has 0 aromatic heterocycles. The minimum absolute atomic E-state index is 0.402. The topological polar surface area (TPSA) is 15.7 Å². The first-order valence-corrected chi connectivity index (χ1v) is 9.08. The maximum atomic E-state index is 5.46. The third kappa shape index (κ3) is 2.30. The number of para-hydroxylation sites is 1. The quantitative estimate of drug-likeness (QED) is 0.863. The molecule has 2 heterocycles. The van der Waals surface area contributed by atoms with Crippen LogP contribution >= 0.6 is 0 Å². The van der Waals surface area contributed by atoms with E-state index in [0.717, 1.165) is 32.2 Å². The van der Waals surface area contributed by atoms with Crippen LogP contribution in [0.4, 0.5) is 11.4 Å². The summed E-state index contributed by atoms with van der Waals surface area (Å²) < 4.78 is 5.46. The third-order valence-electron chi connectivity index (χ3n) is 6.09. The van der Waals surface area contributed by atoms with Crippen molar-refractivity contribution in [2.75, 3.05) is 49.2 Å². The maximum Gasteiger partial charge on any atom is 0.0642 e. The number of piperidine rings is 1. The van der Waals surface area contributed by atoms with E-state index in [0.29, 0.717) is 5.41 Å². The smallest absolute Gasteiger partial charge is 0.0642 e. The lowest BCUT2D eigenvalue weighted by atomic mass is 9.94. The van der Waals surface area contributed by atoms with Crippen molar-refractivity contribution in [2.24, 2.45) is 5.92 Å². The van der Waals surface area contributed by atoms with E-state index in [-0.39, 0.29) is 0 Å². The number of hydrogen-bond donors (Lipinski definition) is 0. The molecular formula is C21H24N2O. The molecule has 3 aliphatic rings. The Morgan fingerprint density at radius 1 is 0.833 bits per heavy atom. The van der Waals surface area contributed by atoms with Crippen molar-refractivity contribution in [3.05, 3.63) is 60.2 Å². The molecule has 124 valence electrons. The minimum atomic E-state index is 0.402. The van der Waals surface area contributed by atoms with E-state index in [1.54, 1.807) is 0 Å². The molecule has 0 N–H and O–H groups in total. The fourth-order valence-electron chi connectivity index (χ4n) is 4.59. The predicted molar refractivity (Wildman–Crippen MR) is 97.9 cm³/mol. The molecule has 2 aliphatic heterocycles. The van der Waals surface area contributed by atoms with Gasteiger partial charge in [-0.3, -0.25) is 0 Å². The van der Waals surface area contributed by atoms with E-state index in [2.05, 4.69) is 64.4 Å². The van der Waals surface area contributed by atoms with Crippen LogP contribution in [0.25, 0.3) is 0 Å². The molecule has 0 spiro atoms. The number of ether oxygens (including phenoxy) is 1. The molecule has 0 amide bonds. The average Bonchev–Trinajstić information content (AvgIpc) is 3.24. The number of nitrogens with zero attached hydrogens (tertiary/aromatic N) is 2. The summed E-state index contributed by atoms with van der Waals surface area (Å²) in [5.41, 5.74) is 4.64. The van der Waals surface area contributed by atoms with Crippen molar-refractivity contribution in [3.8, 4) is 0 Å². The normalized spacial score (nSPS) is 28.8. The van der Waals surface area contributed by atoms with Gasteiger partial charge in [-0.1, -0.05) is 30.3 Å². The lowest BCUT2D eigenvalue weighted by Gasteiger charge is -2.29. The van der Waals surface area contributed by atoms with Crippen molar-refractivity contribution < 1.29 is 4.74 Å². The standard InChI is InChI=1S/C21H24N2O/c1-2-4-19(5-3-1)23-15-18-14-21(18,16-23)17-6-8-20(9-7-17)22-10-12-24-13-11-22/h1-9,18H,10-16H2. The van der Waals surface area contributed by atoms with Crippen molar-refractivity contribution in [2.45, 2.75) is 11.8 Å². The highest BCUT2D eigenvalue weighted by Gasteiger charge is 2.60. The first kappa shape index (κ1) is 14.4. The second-order valence-corrected chi connectivity index (χ2v) is 7.42. The fourth-order valence-corrected chi connectivity index (χ4v) is 4.59. The van der Waals surface area contributed by atoms with Gasteiger partial charge in [-0.2, -0.15) is 0 Å². The zero-order chi connectivity index (χ0) is 16.0. The van der Waals surface area contributed by atoms with Gasteiger partial charge in [0.05, 0.1) is 13.2 Å². The van der Waals surface area contributed by atoms with Crippen molar-refractivity contribution >= 4 is 11.4 Å². The van der Waals surface area contributed by atoms with E-state index in [1.165, 1.54) is 36.4 Å². The summed E-state index contributed by atoms with van der Waals surface area (Å²) in [5, 5.41) is 0. The molecule has 3 heteroatoms. The van der Waals surface area contributed by atoms with Gasteiger partial charge in [-0.05, 0) is 42.2 Å². The van der Waals surface area contributed by atoms with Gasteiger partial charge < -0.3 is 14.5 Å². The number of fused-ring (bicyclic) bond motifs is 1.